The summed E-state index contributed by atoms with van der Waals surface area (Å²) in [5.41, 5.74) is 1.69. The molecule has 1 aromatic carbocycles. The Morgan fingerprint density at radius 1 is 1.29 bits per heavy atom. The van der Waals surface area contributed by atoms with Crippen molar-refractivity contribution in [1.29, 1.82) is 0 Å². The molecule has 0 unspecified atom stereocenters. The van der Waals surface area contributed by atoms with Gasteiger partial charge in [-0.25, -0.2) is 4.79 Å². The molecule has 4 rings (SSSR count). The van der Waals surface area contributed by atoms with Gasteiger partial charge in [0.25, 0.3) is 5.91 Å². The molecule has 0 aliphatic carbocycles. The number of methoxy groups -OCH3 is 1. The number of benzene rings is 1. The highest BCUT2D eigenvalue weighted by Gasteiger charge is 2.26. The van der Waals surface area contributed by atoms with Gasteiger partial charge < -0.3 is 14.1 Å². The van der Waals surface area contributed by atoms with Crippen LogP contribution in [0.5, 0.6) is 5.75 Å². The molecule has 0 spiro atoms. The Morgan fingerprint density at radius 2 is 2.17 bits per heavy atom. The average Bonchev–Trinajstić information content (AvgIpc) is 3.15. The lowest BCUT2D eigenvalue weighted by Gasteiger charge is -2.28. The third-order valence-electron chi connectivity index (χ3n) is 4.33. The quantitative estimate of drug-likeness (QED) is 0.672. The van der Waals surface area contributed by atoms with E-state index in [0.717, 1.165) is 10.9 Å². The molecule has 2 aromatic heterocycles. The zero-order chi connectivity index (χ0) is 16.7. The predicted octanol–water partition coefficient (Wildman–Crippen LogP) is 3.06. The molecule has 3 heterocycles. The van der Waals surface area contributed by atoms with Gasteiger partial charge in [0.2, 0.25) is 0 Å². The molecular weight excluding hydrogens is 326 g/mol. The van der Waals surface area contributed by atoms with Crippen molar-refractivity contribution in [2.24, 2.45) is 0 Å². The van der Waals surface area contributed by atoms with Gasteiger partial charge in [-0.1, -0.05) is 6.07 Å². The lowest BCUT2D eigenvalue weighted by Crippen LogP contribution is -2.38. The number of fused-ring (bicyclic) bond motifs is 3. The number of ether oxygens (including phenoxy) is 1. The first-order valence-corrected chi connectivity index (χ1v) is 8.50. The number of rotatable bonds is 2. The predicted molar refractivity (Wildman–Crippen MR) is 91.8 cm³/mol. The summed E-state index contributed by atoms with van der Waals surface area (Å²) in [5, 5.41) is 2.79. The maximum absolute atomic E-state index is 12.5. The van der Waals surface area contributed by atoms with Gasteiger partial charge in [0.05, 0.1) is 24.1 Å². The average molecular weight is 341 g/mol. The van der Waals surface area contributed by atoms with Crippen LogP contribution in [0.1, 0.15) is 20.8 Å². The van der Waals surface area contributed by atoms with Crippen LogP contribution >= 0.6 is 11.3 Å². The van der Waals surface area contributed by atoms with Gasteiger partial charge in [-0.15, -0.1) is 11.3 Å². The maximum Gasteiger partial charge on any atom is 0.341 e. The molecule has 1 aliphatic rings. The molecule has 6 heteroatoms. The minimum atomic E-state index is -0.380. The van der Waals surface area contributed by atoms with Crippen molar-refractivity contribution in [2.45, 2.75) is 13.0 Å². The molecular formula is C18H15NO4S. The topological polar surface area (TPSA) is 59.8 Å². The van der Waals surface area contributed by atoms with Crippen LogP contribution in [0.25, 0.3) is 11.0 Å². The smallest absolute Gasteiger partial charge is 0.341 e. The van der Waals surface area contributed by atoms with Gasteiger partial charge in [-0.2, -0.15) is 0 Å². The number of amides is 1. The van der Waals surface area contributed by atoms with E-state index in [-0.39, 0.29) is 18.1 Å². The second-order valence-electron chi connectivity index (χ2n) is 5.66. The van der Waals surface area contributed by atoms with E-state index in [0.29, 0.717) is 34.7 Å². The van der Waals surface area contributed by atoms with Crippen molar-refractivity contribution in [3.63, 3.8) is 0 Å². The lowest BCUT2D eigenvalue weighted by molar-refractivity contribution is 0.0738. The molecule has 0 atom stereocenters. The van der Waals surface area contributed by atoms with Crippen LogP contribution in [-0.2, 0) is 13.0 Å². The van der Waals surface area contributed by atoms with Gasteiger partial charge in [0, 0.05) is 18.0 Å². The highest BCUT2D eigenvalue weighted by molar-refractivity contribution is 7.12. The summed E-state index contributed by atoms with van der Waals surface area (Å²) >= 11 is 1.41. The van der Waals surface area contributed by atoms with Gasteiger partial charge in [0.1, 0.15) is 11.3 Å². The van der Waals surface area contributed by atoms with Crippen molar-refractivity contribution >= 4 is 28.2 Å². The largest absolute Gasteiger partial charge is 0.497 e. The SMILES string of the molecule is COc1ccc2c3c(c(=O)oc2c1)CN(C(=O)c1cccs1)CC3. The van der Waals surface area contributed by atoms with E-state index in [1.165, 1.54) is 11.3 Å². The summed E-state index contributed by atoms with van der Waals surface area (Å²) in [5.74, 6) is 0.612. The lowest BCUT2D eigenvalue weighted by atomic mass is 9.97. The molecule has 0 saturated carbocycles. The minimum absolute atomic E-state index is 0.0372. The Balaban J connectivity index is 1.75. The zero-order valence-electron chi connectivity index (χ0n) is 13.1. The summed E-state index contributed by atoms with van der Waals surface area (Å²) in [4.78, 5) is 27.3. The van der Waals surface area contributed by atoms with E-state index < -0.39 is 0 Å². The first kappa shape index (κ1) is 15.0. The highest BCUT2D eigenvalue weighted by atomic mass is 32.1. The number of carbonyl (C=O) groups excluding carboxylic acids is 1. The number of nitrogens with zero attached hydrogens (tertiary/aromatic N) is 1. The summed E-state index contributed by atoms with van der Waals surface area (Å²) in [7, 11) is 1.58. The maximum atomic E-state index is 12.5. The molecule has 122 valence electrons. The van der Waals surface area contributed by atoms with Crippen molar-refractivity contribution in [3.05, 3.63) is 62.1 Å². The highest BCUT2D eigenvalue weighted by Crippen LogP contribution is 2.28. The van der Waals surface area contributed by atoms with E-state index in [4.69, 9.17) is 9.15 Å². The van der Waals surface area contributed by atoms with Gasteiger partial charge in [-0.3, -0.25) is 4.79 Å². The molecule has 0 radical (unpaired) electrons. The summed E-state index contributed by atoms with van der Waals surface area (Å²) < 4.78 is 10.6. The van der Waals surface area contributed by atoms with Crippen molar-refractivity contribution in [2.75, 3.05) is 13.7 Å². The molecule has 0 bridgehead atoms. The third kappa shape index (κ3) is 2.39. The fourth-order valence-corrected chi connectivity index (χ4v) is 3.79. The number of thiophene rings is 1. The molecule has 0 fully saturated rings. The summed E-state index contributed by atoms with van der Waals surface area (Å²) in [6, 6.07) is 9.14. The van der Waals surface area contributed by atoms with Crippen LogP contribution < -0.4 is 10.4 Å². The van der Waals surface area contributed by atoms with E-state index >= 15 is 0 Å². The molecule has 1 amide bonds. The number of hydrogen-bond acceptors (Lipinski definition) is 5. The summed E-state index contributed by atoms with van der Waals surface area (Å²) in [6.07, 6.45) is 0.640. The monoisotopic (exact) mass is 341 g/mol. The molecule has 0 N–H and O–H groups in total. The fraction of sp³-hybridized carbons (Fsp3) is 0.222. The Labute approximate surface area is 142 Å². The number of hydrogen-bond donors (Lipinski definition) is 0. The van der Waals surface area contributed by atoms with E-state index in [2.05, 4.69) is 0 Å². The van der Waals surface area contributed by atoms with Crippen LogP contribution in [0.4, 0.5) is 0 Å². The van der Waals surface area contributed by atoms with Gasteiger partial charge >= 0.3 is 5.63 Å². The van der Waals surface area contributed by atoms with E-state index in [9.17, 15) is 9.59 Å². The second-order valence-corrected chi connectivity index (χ2v) is 6.61. The van der Waals surface area contributed by atoms with Crippen LogP contribution in [-0.4, -0.2) is 24.5 Å². The Hall–Kier alpha value is -2.60. The first-order chi connectivity index (χ1) is 11.7. The van der Waals surface area contributed by atoms with Crippen molar-refractivity contribution in [1.82, 2.24) is 4.90 Å². The zero-order valence-corrected chi connectivity index (χ0v) is 13.9. The Morgan fingerprint density at radius 3 is 2.92 bits per heavy atom. The molecule has 1 aliphatic heterocycles. The van der Waals surface area contributed by atoms with Gasteiger partial charge in [0.15, 0.2) is 0 Å². The third-order valence-corrected chi connectivity index (χ3v) is 5.18. The van der Waals surface area contributed by atoms with E-state index in [1.54, 1.807) is 24.1 Å². The molecule has 24 heavy (non-hydrogen) atoms. The van der Waals surface area contributed by atoms with Crippen molar-refractivity contribution < 1.29 is 13.9 Å². The number of carbonyl (C=O) groups is 1. The standard InChI is InChI=1S/C18H15NO4S/c1-22-11-4-5-13-12-6-7-19(17(20)16-3-2-8-24-16)10-14(12)18(21)23-15(13)9-11/h2-5,8-9H,6-7,10H2,1H3. The molecule has 0 saturated heterocycles. The minimum Gasteiger partial charge on any atom is -0.497 e. The Kier molecular flexibility index (Phi) is 3.61. The normalized spacial score (nSPS) is 13.8. The van der Waals surface area contributed by atoms with Gasteiger partial charge in [-0.05, 0) is 35.6 Å². The van der Waals surface area contributed by atoms with Crippen molar-refractivity contribution in [3.8, 4) is 5.75 Å². The van der Waals surface area contributed by atoms with Crippen LogP contribution in [0.15, 0.2) is 44.9 Å². The van der Waals surface area contributed by atoms with E-state index in [1.807, 2.05) is 23.6 Å². The first-order valence-electron chi connectivity index (χ1n) is 7.63. The Bertz CT molecular complexity index is 975. The van der Waals surface area contributed by atoms with Crippen LogP contribution in [0.3, 0.4) is 0 Å². The fourth-order valence-electron chi connectivity index (χ4n) is 3.10. The molecule has 3 aromatic rings. The van der Waals surface area contributed by atoms with Crippen LogP contribution in [0, 0.1) is 0 Å². The second kappa shape index (κ2) is 5.79. The molecule has 5 nitrogen and oxygen atoms in total. The summed E-state index contributed by atoms with van der Waals surface area (Å²) in [6.45, 7) is 0.880. The van der Waals surface area contributed by atoms with Crippen LogP contribution in [0.2, 0.25) is 0 Å².